The average Bonchev–Trinajstić information content (AvgIpc) is 2.55. The van der Waals surface area contributed by atoms with Gasteiger partial charge in [0, 0.05) is 32.3 Å². The van der Waals surface area contributed by atoms with Gasteiger partial charge in [0.05, 0.1) is 0 Å². The monoisotopic (exact) mass is 301 g/mol. The standard InChI is InChI=1S/C16H19N3O3/c1-3-4-7-15(20)19(2)14(16(21)22-10-8-17)11-13-6-5-9-18-12-13/h3,5-6,9,12,14H,1,4,7,10-11H2,2H3/t14-/m0/s1. The third-order valence-corrected chi connectivity index (χ3v) is 3.13. The maximum atomic E-state index is 12.1. The van der Waals surface area contributed by atoms with E-state index >= 15 is 0 Å². The summed E-state index contributed by atoms with van der Waals surface area (Å²) in [5.74, 6) is -0.775. The molecule has 22 heavy (non-hydrogen) atoms. The molecule has 1 amide bonds. The molecule has 0 unspecified atom stereocenters. The Bertz CT molecular complexity index is 552. The van der Waals surface area contributed by atoms with Gasteiger partial charge in [-0.1, -0.05) is 12.1 Å². The molecule has 1 atom stereocenters. The molecule has 1 aromatic rings. The number of amides is 1. The highest BCUT2D eigenvalue weighted by Gasteiger charge is 2.28. The molecule has 0 saturated heterocycles. The molecule has 0 aliphatic heterocycles. The van der Waals surface area contributed by atoms with E-state index in [1.807, 2.05) is 6.07 Å². The fraction of sp³-hybridized carbons (Fsp3) is 0.375. The van der Waals surface area contributed by atoms with Crippen LogP contribution in [-0.4, -0.2) is 41.5 Å². The lowest BCUT2D eigenvalue weighted by molar-refractivity contribution is -0.153. The van der Waals surface area contributed by atoms with Crippen molar-refractivity contribution in [2.45, 2.75) is 25.3 Å². The molecule has 0 spiro atoms. The predicted molar refractivity (Wildman–Crippen MR) is 80.5 cm³/mol. The number of nitrogens with zero attached hydrogens (tertiary/aromatic N) is 3. The zero-order valence-electron chi connectivity index (χ0n) is 12.6. The molecule has 0 N–H and O–H groups in total. The third-order valence-electron chi connectivity index (χ3n) is 3.13. The number of hydrogen-bond acceptors (Lipinski definition) is 5. The second-order valence-electron chi connectivity index (χ2n) is 4.68. The summed E-state index contributed by atoms with van der Waals surface area (Å²) in [6.45, 7) is 3.24. The van der Waals surface area contributed by atoms with Gasteiger partial charge in [0.15, 0.2) is 6.61 Å². The molecular weight excluding hydrogens is 282 g/mol. The fourth-order valence-electron chi connectivity index (χ4n) is 1.90. The zero-order valence-corrected chi connectivity index (χ0v) is 12.6. The molecule has 0 aliphatic carbocycles. The third kappa shape index (κ3) is 5.37. The van der Waals surface area contributed by atoms with E-state index in [0.29, 0.717) is 6.42 Å². The summed E-state index contributed by atoms with van der Waals surface area (Å²) in [5, 5.41) is 8.52. The minimum absolute atomic E-state index is 0.178. The lowest BCUT2D eigenvalue weighted by Gasteiger charge is -2.26. The second-order valence-corrected chi connectivity index (χ2v) is 4.68. The van der Waals surface area contributed by atoms with Crippen molar-refractivity contribution >= 4 is 11.9 Å². The van der Waals surface area contributed by atoms with E-state index < -0.39 is 12.0 Å². The van der Waals surface area contributed by atoms with E-state index in [4.69, 9.17) is 10.00 Å². The van der Waals surface area contributed by atoms with Gasteiger partial charge in [0.2, 0.25) is 5.91 Å². The van der Waals surface area contributed by atoms with Crippen LogP contribution < -0.4 is 0 Å². The molecule has 1 rings (SSSR count). The van der Waals surface area contributed by atoms with Crippen molar-refractivity contribution in [3.63, 3.8) is 0 Å². The normalized spacial score (nSPS) is 11.1. The molecule has 0 saturated carbocycles. The van der Waals surface area contributed by atoms with E-state index in [2.05, 4.69) is 11.6 Å². The van der Waals surface area contributed by atoms with Gasteiger partial charge < -0.3 is 9.64 Å². The average molecular weight is 301 g/mol. The lowest BCUT2D eigenvalue weighted by Crippen LogP contribution is -2.44. The Morgan fingerprint density at radius 1 is 1.59 bits per heavy atom. The highest BCUT2D eigenvalue weighted by molar-refractivity contribution is 5.84. The van der Waals surface area contributed by atoms with Gasteiger partial charge in [-0.2, -0.15) is 5.26 Å². The van der Waals surface area contributed by atoms with Crippen LogP contribution in [0.1, 0.15) is 18.4 Å². The SMILES string of the molecule is C=CCCC(=O)N(C)[C@@H](Cc1cccnc1)C(=O)OCC#N. The fourth-order valence-corrected chi connectivity index (χ4v) is 1.90. The highest BCUT2D eigenvalue weighted by atomic mass is 16.5. The molecule has 1 aromatic heterocycles. The Labute approximate surface area is 130 Å². The number of aromatic nitrogens is 1. The van der Waals surface area contributed by atoms with E-state index in [0.717, 1.165) is 5.56 Å². The first kappa shape index (κ1) is 17.4. The van der Waals surface area contributed by atoms with Crippen LogP contribution in [-0.2, 0) is 20.7 Å². The van der Waals surface area contributed by atoms with Crippen molar-refractivity contribution in [3.8, 4) is 6.07 Å². The molecule has 6 heteroatoms. The number of nitriles is 1. The van der Waals surface area contributed by atoms with Crippen LogP contribution in [0.5, 0.6) is 0 Å². The van der Waals surface area contributed by atoms with E-state index in [1.165, 1.54) is 4.90 Å². The van der Waals surface area contributed by atoms with Gasteiger partial charge in [0.1, 0.15) is 12.1 Å². The second kappa shape index (κ2) is 9.29. The van der Waals surface area contributed by atoms with E-state index in [-0.39, 0.29) is 25.4 Å². The van der Waals surface area contributed by atoms with Crippen LogP contribution >= 0.6 is 0 Å². The van der Waals surface area contributed by atoms with Crippen LogP contribution in [0.15, 0.2) is 37.2 Å². The molecule has 6 nitrogen and oxygen atoms in total. The number of carbonyl (C=O) groups excluding carboxylic acids is 2. The molecule has 0 bridgehead atoms. The first-order chi connectivity index (χ1) is 10.6. The summed E-state index contributed by atoms with van der Waals surface area (Å²) in [4.78, 5) is 29.6. The van der Waals surface area contributed by atoms with Gasteiger partial charge in [-0.15, -0.1) is 6.58 Å². The molecule has 0 aromatic carbocycles. The minimum Gasteiger partial charge on any atom is -0.449 e. The van der Waals surface area contributed by atoms with Gasteiger partial charge in [0.25, 0.3) is 0 Å². The molecule has 1 heterocycles. The van der Waals surface area contributed by atoms with E-state index in [1.54, 1.807) is 37.7 Å². The Balaban J connectivity index is 2.85. The number of allylic oxidation sites excluding steroid dienone is 1. The number of hydrogen-bond donors (Lipinski definition) is 0. The molecular formula is C16H19N3O3. The molecule has 0 radical (unpaired) electrons. The first-order valence-electron chi connectivity index (χ1n) is 6.89. The van der Waals surface area contributed by atoms with Gasteiger partial charge in [-0.3, -0.25) is 9.78 Å². The summed E-state index contributed by atoms with van der Waals surface area (Å²) >= 11 is 0. The van der Waals surface area contributed by atoms with Crippen molar-refractivity contribution in [2.24, 2.45) is 0 Å². The highest BCUT2D eigenvalue weighted by Crippen LogP contribution is 2.11. The summed E-state index contributed by atoms with van der Waals surface area (Å²) < 4.78 is 4.87. The molecule has 116 valence electrons. The number of ether oxygens (including phenoxy) is 1. The zero-order chi connectivity index (χ0) is 16.4. The minimum atomic E-state index is -0.783. The van der Waals surface area contributed by atoms with E-state index in [9.17, 15) is 9.59 Å². The van der Waals surface area contributed by atoms with Gasteiger partial charge in [-0.25, -0.2) is 4.79 Å². The smallest absolute Gasteiger partial charge is 0.330 e. The maximum Gasteiger partial charge on any atom is 0.330 e. The van der Waals surface area contributed by atoms with Crippen LogP contribution in [0.3, 0.4) is 0 Å². The Hall–Kier alpha value is -2.68. The number of pyridine rings is 1. The van der Waals surface area contributed by atoms with Crippen LogP contribution in [0, 0.1) is 11.3 Å². The topological polar surface area (TPSA) is 83.3 Å². The largest absolute Gasteiger partial charge is 0.449 e. The summed E-state index contributed by atoms with van der Waals surface area (Å²) in [7, 11) is 1.56. The van der Waals surface area contributed by atoms with Crippen LogP contribution in [0.25, 0.3) is 0 Å². The van der Waals surface area contributed by atoms with Crippen molar-refractivity contribution in [2.75, 3.05) is 13.7 Å². The number of esters is 1. The van der Waals surface area contributed by atoms with Gasteiger partial charge >= 0.3 is 5.97 Å². The Morgan fingerprint density at radius 3 is 2.95 bits per heavy atom. The number of likely N-dealkylation sites (N-methyl/N-ethyl adjacent to an activating group) is 1. The molecule has 0 aliphatic rings. The van der Waals surface area contributed by atoms with Crippen molar-refractivity contribution < 1.29 is 14.3 Å². The van der Waals surface area contributed by atoms with Crippen molar-refractivity contribution in [3.05, 3.63) is 42.7 Å². The lowest BCUT2D eigenvalue weighted by atomic mass is 10.1. The van der Waals surface area contributed by atoms with Crippen LogP contribution in [0.2, 0.25) is 0 Å². The van der Waals surface area contributed by atoms with Crippen LogP contribution in [0.4, 0.5) is 0 Å². The number of rotatable bonds is 8. The molecule has 0 fully saturated rings. The summed E-state index contributed by atoms with van der Waals surface area (Å²) in [6.07, 6.45) is 6.01. The number of carbonyl (C=O) groups is 2. The van der Waals surface area contributed by atoms with Crippen molar-refractivity contribution in [1.82, 2.24) is 9.88 Å². The Kier molecular flexibility index (Phi) is 7.34. The van der Waals surface area contributed by atoms with Crippen molar-refractivity contribution in [1.29, 1.82) is 5.26 Å². The summed E-state index contributed by atoms with van der Waals surface area (Å²) in [5.41, 5.74) is 0.810. The van der Waals surface area contributed by atoms with Gasteiger partial charge in [-0.05, 0) is 18.1 Å². The predicted octanol–water partition coefficient (Wildman–Crippen LogP) is 1.48. The summed E-state index contributed by atoms with van der Waals surface area (Å²) in [6, 6.07) is 4.54. The first-order valence-corrected chi connectivity index (χ1v) is 6.89. The quantitative estimate of drug-likeness (QED) is 0.536. The maximum absolute atomic E-state index is 12.1. The Morgan fingerprint density at radius 2 is 2.36 bits per heavy atom.